The normalized spacial score (nSPS) is 10.7. The molecule has 0 amide bonds. The maximum absolute atomic E-state index is 5.78. The molecule has 1 aromatic heterocycles. The van der Waals surface area contributed by atoms with Crippen LogP contribution in [-0.2, 0) is 0 Å². The summed E-state index contributed by atoms with van der Waals surface area (Å²) in [4.78, 5) is 8.65. The van der Waals surface area contributed by atoms with E-state index in [4.69, 9.17) is 5.73 Å². The molecule has 2 aromatic rings. The average Bonchev–Trinajstić information content (AvgIpc) is 2.31. The van der Waals surface area contributed by atoms with Gasteiger partial charge in [-0.1, -0.05) is 29.8 Å². The van der Waals surface area contributed by atoms with Crippen LogP contribution >= 0.6 is 15.9 Å². The molecule has 1 heterocycles. The van der Waals surface area contributed by atoms with Gasteiger partial charge in [-0.2, -0.15) is 0 Å². The molecule has 0 bridgehead atoms. The van der Waals surface area contributed by atoms with Crippen molar-refractivity contribution in [2.24, 2.45) is 0 Å². The molecule has 0 radical (unpaired) electrons. The number of nitrogens with two attached hydrogens (primary N) is 1. The summed E-state index contributed by atoms with van der Waals surface area (Å²) >= 11 is 3.40. The predicted octanol–water partition coefficient (Wildman–Crippen LogP) is 3.69. The van der Waals surface area contributed by atoms with Crippen LogP contribution in [0.3, 0.4) is 0 Å². The molecule has 0 saturated carbocycles. The van der Waals surface area contributed by atoms with Gasteiger partial charge in [0.1, 0.15) is 17.5 Å². The van der Waals surface area contributed by atoms with Gasteiger partial charge < -0.3 is 11.1 Å². The number of hydrogen-bond donors (Lipinski definition) is 2. The van der Waals surface area contributed by atoms with Crippen LogP contribution in [0.4, 0.5) is 17.3 Å². The Bertz CT molecular complexity index is 537. The molecule has 0 fully saturated rings. The highest BCUT2D eigenvalue weighted by molar-refractivity contribution is 9.10. The van der Waals surface area contributed by atoms with E-state index < -0.39 is 0 Å². The topological polar surface area (TPSA) is 63.8 Å². The molecular formula is C13H15BrN4. The van der Waals surface area contributed by atoms with Crippen molar-refractivity contribution in [3.63, 3.8) is 0 Å². The lowest BCUT2D eigenvalue weighted by atomic mass is 10.2. The second-order valence-corrected chi connectivity index (χ2v) is 5.24. The number of rotatable bonds is 3. The Hall–Kier alpha value is -1.62. The number of halogens is 1. The first-order valence-corrected chi connectivity index (χ1v) is 6.51. The van der Waals surface area contributed by atoms with Crippen LogP contribution in [0, 0.1) is 0 Å². The molecule has 5 heteroatoms. The Balaban J connectivity index is 2.26. The number of anilines is 3. The molecule has 0 spiro atoms. The first-order valence-electron chi connectivity index (χ1n) is 5.71. The van der Waals surface area contributed by atoms with Crippen molar-refractivity contribution >= 4 is 33.3 Å². The quantitative estimate of drug-likeness (QED) is 0.908. The van der Waals surface area contributed by atoms with Crippen molar-refractivity contribution < 1.29 is 0 Å². The lowest BCUT2D eigenvalue weighted by Crippen LogP contribution is -2.04. The molecule has 0 atom stereocenters. The van der Waals surface area contributed by atoms with Gasteiger partial charge in [-0.15, -0.1) is 0 Å². The smallest absolute Gasteiger partial charge is 0.136 e. The van der Waals surface area contributed by atoms with E-state index in [1.54, 1.807) is 6.07 Å². The second kappa shape index (κ2) is 5.35. The van der Waals surface area contributed by atoms with E-state index in [9.17, 15) is 0 Å². The SMILES string of the molecule is CC(C)c1nc(N)cc(Nc2ccc(Br)cc2)n1. The third-order valence-electron chi connectivity index (χ3n) is 2.40. The van der Waals surface area contributed by atoms with Crippen molar-refractivity contribution in [2.75, 3.05) is 11.1 Å². The van der Waals surface area contributed by atoms with Gasteiger partial charge >= 0.3 is 0 Å². The van der Waals surface area contributed by atoms with Gasteiger partial charge in [0.15, 0.2) is 0 Å². The summed E-state index contributed by atoms with van der Waals surface area (Å²) < 4.78 is 1.04. The van der Waals surface area contributed by atoms with E-state index in [2.05, 4.69) is 31.2 Å². The van der Waals surface area contributed by atoms with Crippen LogP contribution in [0.5, 0.6) is 0 Å². The maximum atomic E-state index is 5.78. The van der Waals surface area contributed by atoms with E-state index in [0.29, 0.717) is 11.6 Å². The van der Waals surface area contributed by atoms with Gasteiger partial charge in [-0.05, 0) is 24.3 Å². The van der Waals surface area contributed by atoms with Crippen LogP contribution in [-0.4, -0.2) is 9.97 Å². The number of nitrogens with one attached hydrogen (secondary N) is 1. The highest BCUT2D eigenvalue weighted by atomic mass is 79.9. The predicted molar refractivity (Wildman–Crippen MR) is 78.0 cm³/mol. The minimum atomic E-state index is 0.249. The molecule has 0 saturated heterocycles. The van der Waals surface area contributed by atoms with Gasteiger partial charge in [0, 0.05) is 22.1 Å². The zero-order valence-corrected chi connectivity index (χ0v) is 11.9. The van der Waals surface area contributed by atoms with Crippen LogP contribution in [0.25, 0.3) is 0 Å². The minimum Gasteiger partial charge on any atom is -0.384 e. The Kier molecular flexibility index (Phi) is 3.81. The van der Waals surface area contributed by atoms with Gasteiger partial charge in [-0.3, -0.25) is 0 Å². The first-order chi connectivity index (χ1) is 8.54. The molecule has 0 aliphatic heterocycles. The summed E-state index contributed by atoms with van der Waals surface area (Å²) in [6.45, 7) is 4.08. The van der Waals surface area contributed by atoms with E-state index in [-0.39, 0.29) is 5.92 Å². The Morgan fingerprint density at radius 1 is 1.17 bits per heavy atom. The van der Waals surface area contributed by atoms with Crippen LogP contribution in [0.1, 0.15) is 25.6 Å². The largest absolute Gasteiger partial charge is 0.384 e. The Morgan fingerprint density at radius 2 is 1.83 bits per heavy atom. The monoisotopic (exact) mass is 306 g/mol. The molecule has 2 rings (SSSR count). The molecule has 94 valence electrons. The summed E-state index contributed by atoms with van der Waals surface area (Å²) in [5.74, 6) is 2.19. The molecule has 3 N–H and O–H groups in total. The molecule has 0 aliphatic carbocycles. The van der Waals surface area contributed by atoms with Gasteiger partial charge in [0.25, 0.3) is 0 Å². The minimum absolute atomic E-state index is 0.249. The number of hydrogen-bond acceptors (Lipinski definition) is 4. The van der Waals surface area contributed by atoms with E-state index >= 15 is 0 Å². The number of aromatic nitrogens is 2. The zero-order valence-electron chi connectivity index (χ0n) is 10.3. The lowest BCUT2D eigenvalue weighted by Gasteiger charge is -2.10. The van der Waals surface area contributed by atoms with Gasteiger partial charge in [0.05, 0.1) is 0 Å². The average molecular weight is 307 g/mol. The molecule has 1 aromatic carbocycles. The first kappa shape index (κ1) is 12.8. The third kappa shape index (κ3) is 3.20. The fourth-order valence-corrected chi connectivity index (χ4v) is 1.75. The zero-order chi connectivity index (χ0) is 13.1. The van der Waals surface area contributed by atoms with Gasteiger partial charge in [-0.25, -0.2) is 9.97 Å². The Labute approximate surface area is 115 Å². The van der Waals surface area contributed by atoms with Crippen molar-refractivity contribution in [1.29, 1.82) is 0 Å². The van der Waals surface area contributed by atoms with Crippen molar-refractivity contribution in [3.8, 4) is 0 Å². The number of nitrogens with zero attached hydrogens (tertiary/aromatic N) is 2. The highest BCUT2D eigenvalue weighted by Crippen LogP contribution is 2.20. The molecule has 0 aliphatic rings. The fourth-order valence-electron chi connectivity index (χ4n) is 1.49. The van der Waals surface area contributed by atoms with E-state index in [1.165, 1.54) is 0 Å². The van der Waals surface area contributed by atoms with Crippen LogP contribution < -0.4 is 11.1 Å². The summed E-state index contributed by atoms with van der Waals surface area (Å²) in [5.41, 5.74) is 6.74. The second-order valence-electron chi connectivity index (χ2n) is 4.32. The van der Waals surface area contributed by atoms with Crippen molar-refractivity contribution in [3.05, 3.63) is 40.6 Å². The summed E-state index contributed by atoms with van der Waals surface area (Å²) in [6.07, 6.45) is 0. The van der Waals surface area contributed by atoms with E-state index in [0.717, 1.165) is 16.0 Å². The molecule has 4 nitrogen and oxygen atoms in total. The van der Waals surface area contributed by atoms with Crippen molar-refractivity contribution in [1.82, 2.24) is 9.97 Å². The standard InChI is InChI=1S/C13H15BrN4/c1-8(2)13-17-11(15)7-12(18-13)16-10-5-3-9(14)4-6-10/h3-8H,1-2H3,(H3,15,16,17,18). The third-order valence-corrected chi connectivity index (χ3v) is 2.92. The van der Waals surface area contributed by atoms with Crippen LogP contribution in [0.2, 0.25) is 0 Å². The molecule has 18 heavy (non-hydrogen) atoms. The summed E-state index contributed by atoms with van der Waals surface area (Å²) in [7, 11) is 0. The lowest BCUT2D eigenvalue weighted by molar-refractivity contribution is 0.779. The van der Waals surface area contributed by atoms with Crippen molar-refractivity contribution in [2.45, 2.75) is 19.8 Å². The highest BCUT2D eigenvalue weighted by Gasteiger charge is 2.06. The van der Waals surface area contributed by atoms with Gasteiger partial charge in [0.2, 0.25) is 0 Å². The number of benzene rings is 1. The maximum Gasteiger partial charge on any atom is 0.136 e. The molecular weight excluding hydrogens is 292 g/mol. The Morgan fingerprint density at radius 3 is 2.44 bits per heavy atom. The van der Waals surface area contributed by atoms with E-state index in [1.807, 2.05) is 38.1 Å². The van der Waals surface area contributed by atoms with Crippen LogP contribution in [0.15, 0.2) is 34.8 Å². The fraction of sp³-hybridized carbons (Fsp3) is 0.231. The number of nitrogen functional groups attached to an aromatic ring is 1. The summed E-state index contributed by atoms with van der Waals surface area (Å²) in [5, 5.41) is 3.22. The summed E-state index contributed by atoms with van der Waals surface area (Å²) in [6, 6.07) is 9.61. The molecule has 0 unspecified atom stereocenters.